The summed E-state index contributed by atoms with van der Waals surface area (Å²) in [4.78, 5) is 4.03. The standard InChI is InChI=1S/C13H14IN3O2S/c1-2-16-12-7-8-15-9-13(12)20(18,19)17-11-5-3-10(14)4-6-11/h3-9,17H,2H2,1H3,(H,15,16). The number of benzene rings is 1. The van der Waals surface area contributed by atoms with Crippen LogP contribution in [0.1, 0.15) is 6.92 Å². The molecule has 7 heteroatoms. The molecule has 0 fully saturated rings. The molecule has 0 saturated carbocycles. The van der Waals surface area contributed by atoms with Crippen molar-refractivity contribution in [2.45, 2.75) is 11.8 Å². The normalized spacial score (nSPS) is 11.1. The number of aromatic nitrogens is 1. The fraction of sp³-hybridized carbons (Fsp3) is 0.154. The highest BCUT2D eigenvalue weighted by Gasteiger charge is 2.18. The third-order valence-corrected chi connectivity index (χ3v) is 4.67. The van der Waals surface area contributed by atoms with Gasteiger partial charge in [-0.2, -0.15) is 0 Å². The molecule has 0 amide bonds. The predicted octanol–water partition coefficient (Wildman–Crippen LogP) is 2.92. The zero-order valence-corrected chi connectivity index (χ0v) is 13.8. The molecule has 5 nitrogen and oxygen atoms in total. The van der Waals surface area contributed by atoms with E-state index in [0.717, 1.165) is 3.57 Å². The first-order chi connectivity index (χ1) is 9.53. The van der Waals surface area contributed by atoms with Crippen molar-refractivity contribution >= 4 is 44.0 Å². The van der Waals surface area contributed by atoms with Crippen LogP contribution >= 0.6 is 22.6 Å². The maximum absolute atomic E-state index is 12.4. The Bertz CT molecular complexity index is 687. The Labute approximate surface area is 132 Å². The molecule has 1 aromatic carbocycles. The summed E-state index contributed by atoms with van der Waals surface area (Å²) >= 11 is 2.16. The number of hydrogen-bond donors (Lipinski definition) is 2. The van der Waals surface area contributed by atoms with Gasteiger partial charge in [-0.15, -0.1) is 0 Å². The first-order valence-corrected chi connectivity index (χ1v) is 8.55. The number of pyridine rings is 1. The van der Waals surface area contributed by atoms with E-state index in [1.54, 1.807) is 24.4 Å². The van der Waals surface area contributed by atoms with Crippen LogP contribution in [0.25, 0.3) is 0 Å². The summed E-state index contributed by atoms with van der Waals surface area (Å²) in [6.45, 7) is 2.54. The Balaban J connectivity index is 2.33. The minimum Gasteiger partial charge on any atom is -0.384 e. The second-order valence-electron chi connectivity index (χ2n) is 4.01. The first-order valence-electron chi connectivity index (χ1n) is 5.99. The van der Waals surface area contributed by atoms with Crippen molar-refractivity contribution in [1.29, 1.82) is 0 Å². The fourth-order valence-electron chi connectivity index (χ4n) is 1.66. The molecule has 2 rings (SSSR count). The molecule has 0 unspecified atom stereocenters. The Morgan fingerprint density at radius 3 is 2.55 bits per heavy atom. The van der Waals surface area contributed by atoms with E-state index in [1.165, 1.54) is 6.20 Å². The van der Waals surface area contributed by atoms with E-state index in [-0.39, 0.29) is 4.90 Å². The number of nitrogens with zero attached hydrogens (tertiary/aromatic N) is 1. The van der Waals surface area contributed by atoms with Gasteiger partial charge in [0.05, 0.1) is 5.69 Å². The molecule has 0 atom stereocenters. The number of halogens is 1. The quantitative estimate of drug-likeness (QED) is 0.754. The third kappa shape index (κ3) is 3.60. The van der Waals surface area contributed by atoms with E-state index in [9.17, 15) is 8.42 Å². The molecular weight excluding hydrogens is 389 g/mol. The van der Waals surface area contributed by atoms with E-state index in [1.807, 2.05) is 19.1 Å². The van der Waals surface area contributed by atoms with Crippen LogP contribution in [0.4, 0.5) is 11.4 Å². The average molecular weight is 403 g/mol. The molecule has 0 aliphatic carbocycles. The molecule has 106 valence electrons. The van der Waals surface area contributed by atoms with Crippen molar-refractivity contribution in [3.63, 3.8) is 0 Å². The smallest absolute Gasteiger partial charge is 0.265 e. The third-order valence-electron chi connectivity index (χ3n) is 2.54. The summed E-state index contributed by atoms with van der Waals surface area (Å²) < 4.78 is 28.4. The van der Waals surface area contributed by atoms with Gasteiger partial charge in [0, 0.05) is 28.2 Å². The number of nitrogens with one attached hydrogen (secondary N) is 2. The number of anilines is 2. The van der Waals surface area contributed by atoms with Gasteiger partial charge in [-0.1, -0.05) is 0 Å². The predicted molar refractivity (Wildman–Crippen MR) is 88.4 cm³/mol. The molecule has 0 bridgehead atoms. The zero-order valence-electron chi connectivity index (χ0n) is 10.8. The highest BCUT2D eigenvalue weighted by molar-refractivity contribution is 14.1. The van der Waals surface area contributed by atoms with Gasteiger partial charge >= 0.3 is 0 Å². The Kier molecular flexibility index (Phi) is 4.81. The van der Waals surface area contributed by atoms with Crippen LogP contribution in [0.2, 0.25) is 0 Å². The van der Waals surface area contributed by atoms with E-state index in [0.29, 0.717) is 17.9 Å². The van der Waals surface area contributed by atoms with Crippen LogP contribution in [-0.2, 0) is 10.0 Å². The van der Waals surface area contributed by atoms with E-state index in [2.05, 4.69) is 37.6 Å². The maximum Gasteiger partial charge on any atom is 0.265 e. The monoisotopic (exact) mass is 403 g/mol. The van der Waals surface area contributed by atoms with Gasteiger partial charge in [-0.3, -0.25) is 9.71 Å². The van der Waals surface area contributed by atoms with Crippen LogP contribution in [0, 0.1) is 3.57 Å². The Morgan fingerprint density at radius 2 is 1.90 bits per heavy atom. The number of rotatable bonds is 5. The number of sulfonamides is 1. The lowest BCUT2D eigenvalue weighted by molar-refractivity contribution is 0.601. The van der Waals surface area contributed by atoms with E-state index in [4.69, 9.17) is 0 Å². The van der Waals surface area contributed by atoms with Gasteiger partial charge in [0.2, 0.25) is 0 Å². The fourth-order valence-corrected chi connectivity index (χ4v) is 3.20. The molecule has 1 aromatic heterocycles. The second kappa shape index (κ2) is 6.40. The minimum absolute atomic E-state index is 0.139. The SMILES string of the molecule is CCNc1ccncc1S(=O)(=O)Nc1ccc(I)cc1. The van der Waals surface area contributed by atoms with Crippen molar-refractivity contribution in [3.8, 4) is 0 Å². The molecule has 2 N–H and O–H groups in total. The zero-order chi connectivity index (χ0) is 14.6. The summed E-state index contributed by atoms with van der Waals surface area (Å²) in [5, 5.41) is 3.02. The van der Waals surface area contributed by atoms with Gasteiger partial charge < -0.3 is 5.32 Å². The maximum atomic E-state index is 12.4. The van der Waals surface area contributed by atoms with Crippen LogP contribution in [0.3, 0.4) is 0 Å². The summed E-state index contributed by atoms with van der Waals surface area (Å²) in [6.07, 6.45) is 2.90. The molecule has 2 aromatic rings. The second-order valence-corrected chi connectivity index (χ2v) is 6.91. The molecule has 0 spiro atoms. The minimum atomic E-state index is -3.66. The molecule has 20 heavy (non-hydrogen) atoms. The van der Waals surface area contributed by atoms with Crippen LogP contribution in [0.15, 0.2) is 47.6 Å². The van der Waals surface area contributed by atoms with Crippen molar-refractivity contribution in [2.75, 3.05) is 16.6 Å². The lowest BCUT2D eigenvalue weighted by atomic mass is 10.3. The molecule has 0 aliphatic rings. The van der Waals surface area contributed by atoms with Gasteiger partial charge in [0.1, 0.15) is 4.90 Å². The van der Waals surface area contributed by atoms with Gasteiger partial charge in [-0.05, 0) is 59.8 Å². The Hall–Kier alpha value is -1.35. The molecule has 1 heterocycles. The van der Waals surface area contributed by atoms with Crippen molar-refractivity contribution in [1.82, 2.24) is 4.98 Å². The summed E-state index contributed by atoms with van der Waals surface area (Å²) in [5.41, 5.74) is 1.07. The summed E-state index contributed by atoms with van der Waals surface area (Å²) in [6, 6.07) is 8.77. The Morgan fingerprint density at radius 1 is 1.20 bits per heavy atom. The topological polar surface area (TPSA) is 71.1 Å². The lowest BCUT2D eigenvalue weighted by Gasteiger charge is -2.12. The van der Waals surface area contributed by atoms with Crippen LogP contribution in [0.5, 0.6) is 0 Å². The van der Waals surface area contributed by atoms with E-state index >= 15 is 0 Å². The van der Waals surface area contributed by atoms with Crippen molar-refractivity contribution in [3.05, 3.63) is 46.3 Å². The van der Waals surface area contributed by atoms with Crippen molar-refractivity contribution < 1.29 is 8.42 Å². The highest BCUT2D eigenvalue weighted by Crippen LogP contribution is 2.22. The van der Waals surface area contributed by atoms with Crippen LogP contribution < -0.4 is 10.0 Å². The van der Waals surface area contributed by atoms with Crippen molar-refractivity contribution in [2.24, 2.45) is 0 Å². The van der Waals surface area contributed by atoms with Crippen LogP contribution in [-0.4, -0.2) is 19.9 Å². The molecular formula is C13H14IN3O2S. The molecule has 0 radical (unpaired) electrons. The molecule has 0 saturated heterocycles. The first kappa shape index (κ1) is 15.0. The van der Waals surface area contributed by atoms with Gasteiger partial charge in [0.25, 0.3) is 10.0 Å². The van der Waals surface area contributed by atoms with E-state index < -0.39 is 10.0 Å². The van der Waals surface area contributed by atoms with Gasteiger partial charge in [0.15, 0.2) is 0 Å². The summed E-state index contributed by atoms with van der Waals surface area (Å²) in [7, 11) is -3.66. The number of hydrogen-bond acceptors (Lipinski definition) is 4. The molecule has 0 aliphatic heterocycles. The van der Waals surface area contributed by atoms with Gasteiger partial charge in [-0.25, -0.2) is 8.42 Å². The largest absolute Gasteiger partial charge is 0.384 e. The highest BCUT2D eigenvalue weighted by atomic mass is 127. The lowest BCUT2D eigenvalue weighted by Crippen LogP contribution is -2.15. The average Bonchev–Trinajstić information content (AvgIpc) is 2.42. The summed E-state index contributed by atoms with van der Waals surface area (Å²) in [5.74, 6) is 0.